The number of nitrogen functional groups attached to an aromatic ring is 1. The molecule has 0 saturated carbocycles. The number of nitrogens with one attached hydrogen (secondary N) is 1. The van der Waals surface area contributed by atoms with Crippen molar-refractivity contribution in [2.45, 2.75) is 32.2 Å². The molecule has 1 aliphatic rings. The van der Waals surface area contributed by atoms with E-state index < -0.39 is 0 Å². The summed E-state index contributed by atoms with van der Waals surface area (Å²) in [6.45, 7) is 2.01. The number of nitrogens with zero attached hydrogens (tertiary/aromatic N) is 1. The summed E-state index contributed by atoms with van der Waals surface area (Å²) < 4.78 is 0. The number of aromatic nitrogens is 1. The van der Waals surface area contributed by atoms with E-state index in [4.69, 9.17) is 5.73 Å². The molecule has 0 radical (unpaired) electrons. The van der Waals surface area contributed by atoms with Crippen molar-refractivity contribution in [3.63, 3.8) is 0 Å². The van der Waals surface area contributed by atoms with E-state index in [2.05, 4.69) is 28.5 Å². The number of pyridine rings is 1. The van der Waals surface area contributed by atoms with Gasteiger partial charge in [-0.1, -0.05) is 35.9 Å². The Morgan fingerprint density at radius 2 is 2.00 bits per heavy atom. The second-order valence-corrected chi connectivity index (χ2v) is 7.14. The average molecular weight is 357 g/mol. The highest BCUT2D eigenvalue weighted by Crippen LogP contribution is 2.30. The summed E-state index contributed by atoms with van der Waals surface area (Å²) in [6, 6.07) is 17.8. The van der Waals surface area contributed by atoms with Gasteiger partial charge in [0.1, 0.15) is 0 Å². The van der Waals surface area contributed by atoms with Gasteiger partial charge in [-0.15, -0.1) is 0 Å². The Morgan fingerprint density at radius 3 is 2.89 bits per heavy atom. The summed E-state index contributed by atoms with van der Waals surface area (Å²) in [6.07, 6.45) is 4.80. The highest BCUT2D eigenvalue weighted by molar-refractivity contribution is 5.95. The third kappa shape index (κ3) is 3.56. The van der Waals surface area contributed by atoms with Crippen LogP contribution in [-0.4, -0.2) is 10.9 Å². The second kappa shape index (κ2) is 7.23. The number of benzene rings is 2. The Labute approximate surface area is 159 Å². The molecule has 3 aromatic rings. The predicted octanol–water partition coefficient (Wildman–Crippen LogP) is 4.45. The van der Waals surface area contributed by atoms with Crippen LogP contribution in [0, 0.1) is 6.92 Å². The molecule has 1 heterocycles. The molecule has 1 aromatic heterocycles. The van der Waals surface area contributed by atoms with Crippen LogP contribution in [0.3, 0.4) is 0 Å². The zero-order chi connectivity index (χ0) is 18.8. The van der Waals surface area contributed by atoms with E-state index in [-0.39, 0.29) is 11.9 Å². The Bertz CT molecular complexity index is 996. The van der Waals surface area contributed by atoms with Gasteiger partial charge in [-0.3, -0.25) is 9.78 Å². The van der Waals surface area contributed by atoms with Gasteiger partial charge in [-0.2, -0.15) is 0 Å². The van der Waals surface area contributed by atoms with Crippen LogP contribution in [0.15, 0.2) is 60.8 Å². The lowest BCUT2D eigenvalue weighted by Gasteiger charge is -2.26. The van der Waals surface area contributed by atoms with Crippen LogP contribution < -0.4 is 11.1 Å². The zero-order valence-corrected chi connectivity index (χ0v) is 15.4. The quantitative estimate of drug-likeness (QED) is 0.681. The fourth-order valence-corrected chi connectivity index (χ4v) is 3.76. The van der Waals surface area contributed by atoms with Crippen LogP contribution in [0.4, 0.5) is 5.69 Å². The minimum absolute atomic E-state index is 0.0584. The fourth-order valence-electron chi connectivity index (χ4n) is 3.76. The number of fused-ring (bicyclic) bond motifs is 1. The van der Waals surface area contributed by atoms with Gasteiger partial charge in [0, 0.05) is 23.0 Å². The van der Waals surface area contributed by atoms with Gasteiger partial charge < -0.3 is 11.1 Å². The standard InChI is InChI=1S/C23H23N3O/c1-15-9-10-20(24)19(13-15)22-14-17(11-12-25-22)23(27)26-21-8-4-6-16-5-2-3-7-18(16)21/h2-3,5,7,9-14,21H,4,6,8,24H2,1H3,(H,26,27)/t21-/m0/s1. The normalized spacial score (nSPS) is 15.8. The first-order valence-electron chi connectivity index (χ1n) is 9.33. The third-order valence-corrected chi connectivity index (χ3v) is 5.18. The lowest BCUT2D eigenvalue weighted by molar-refractivity contribution is 0.0932. The van der Waals surface area contributed by atoms with Gasteiger partial charge in [-0.05, 0) is 61.6 Å². The smallest absolute Gasteiger partial charge is 0.251 e. The van der Waals surface area contributed by atoms with Gasteiger partial charge in [0.15, 0.2) is 0 Å². The molecule has 0 aliphatic heterocycles. The van der Waals surface area contributed by atoms with Crippen LogP contribution in [0.5, 0.6) is 0 Å². The molecule has 1 aliphatic carbocycles. The zero-order valence-electron chi connectivity index (χ0n) is 15.4. The molecule has 1 atom stereocenters. The van der Waals surface area contributed by atoms with Crippen LogP contribution in [0.25, 0.3) is 11.3 Å². The summed E-state index contributed by atoms with van der Waals surface area (Å²) in [4.78, 5) is 17.3. The highest BCUT2D eigenvalue weighted by atomic mass is 16.1. The van der Waals surface area contributed by atoms with Crippen LogP contribution >= 0.6 is 0 Å². The molecule has 4 rings (SSSR count). The van der Waals surface area contributed by atoms with Crippen molar-refractivity contribution in [2.75, 3.05) is 5.73 Å². The Balaban J connectivity index is 1.60. The SMILES string of the molecule is Cc1ccc(N)c(-c2cc(C(=O)N[C@H]3CCCc4ccccc43)ccn2)c1. The monoisotopic (exact) mass is 357 g/mol. The molecule has 4 heteroatoms. The first kappa shape index (κ1) is 17.3. The highest BCUT2D eigenvalue weighted by Gasteiger charge is 2.22. The topological polar surface area (TPSA) is 68.0 Å². The lowest BCUT2D eigenvalue weighted by Crippen LogP contribution is -2.31. The summed E-state index contributed by atoms with van der Waals surface area (Å²) in [5.74, 6) is -0.0772. The molecule has 0 fully saturated rings. The number of carbonyl (C=O) groups is 1. The minimum atomic E-state index is -0.0772. The average Bonchev–Trinajstić information content (AvgIpc) is 2.70. The summed E-state index contributed by atoms with van der Waals surface area (Å²) in [7, 11) is 0. The third-order valence-electron chi connectivity index (χ3n) is 5.18. The van der Waals surface area contributed by atoms with E-state index in [1.54, 1.807) is 12.3 Å². The molecule has 0 unspecified atom stereocenters. The number of rotatable bonds is 3. The van der Waals surface area contributed by atoms with Crippen LogP contribution in [0.2, 0.25) is 0 Å². The van der Waals surface area contributed by atoms with Gasteiger partial charge in [-0.25, -0.2) is 0 Å². The van der Waals surface area contributed by atoms with Gasteiger partial charge in [0.25, 0.3) is 5.91 Å². The largest absolute Gasteiger partial charge is 0.398 e. The molecule has 0 bridgehead atoms. The first-order chi connectivity index (χ1) is 13.1. The Morgan fingerprint density at radius 1 is 1.15 bits per heavy atom. The van der Waals surface area contributed by atoms with E-state index in [9.17, 15) is 4.79 Å². The van der Waals surface area contributed by atoms with Gasteiger partial charge in [0.05, 0.1) is 11.7 Å². The Hall–Kier alpha value is -3.14. The number of carbonyl (C=O) groups excluding carboxylic acids is 1. The molecule has 4 nitrogen and oxygen atoms in total. The number of amides is 1. The molecule has 0 spiro atoms. The molecular formula is C23H23N3O. The van der Waals surface area contributed by atoms with Gasteiger partial charge in [0.2, 0.25) is 0 Å². The minimum Gasteiger partial charge on any atom is -0.398 e. The van der Waals surface area contributed by atoms with E-state index in [1.165, 1.54) is 11.1 Å². The molecule has 27 heavy (non-hydrogen) atoms. The summed E-state index contributed by atoms with van der Waals surface area (Å²) in [5, 5.41) is 3.20. The van der Waals surface area contributed by atoms with Crippen molar-refractivity contribution >= 4 is 11.6 Å². The molecular weight excluding hydrogens is 334 g/mol. The van der Waals surface area contributed by atoms with Crippen molar-refractivity contribution < 1.29 is 4.79 Å². The van der Waals surface area contributed by atoms with E-state index in [0.29, 0.717) is 16.9 Å². The number of aryl methyl sites for hydroxylation is 2. The summed E-state index contributed by atoms with van der Waals surface area (Å²) in [5.41, 5.74) is 12.6. The van der Waals surface area contributed by atoms with E-state index in [0.717, 1.165) is 30.4 Å². The van der Waals surface area contributed by atoms with Crippen LogP contribution in [0.1, 0.15) is 45.9 Å². The number of nitrogens with two attached hydrogens (primary N) is 1. The van der Waals surface area contributed by atoms with Gasteiger partial charge >= 0.3 is 0 Å². The van der Waals surface area contributed by atoms with E-state index >= 15 is 0 Å². The van der Waals surface area contributed by atoms with E-state index in [1.807, 2.05) is 37.3 Å². The number of hydrogen-bond acceptors (Lipinski definition) is 3. The number of anilines is 1. The lowest BCUT2D eigenvalue weighted by atomic mass is 9.87. The fraction of sp³-hybridized carbons (Fsp3) is 0.217. The van der Waals surface area contributed by atoms with Crippen LogP contribution in [-0.2, 0) is 6.42 Å². The second-order valence-electron chi connectivity index (χ2n) is 7.14. The first-order valence-corrected chi connectivity index (χ1v) is 9.33. The number of hydrogen-bond donors (Lipinski definition) is 2. The maximum atomic E-state index is 12.9. The van der Waals surface area contributed by atoms with Crippen molar-refractivity contribution in [2.24, 2.45) is 0 Å². The molecule has 3 N–H and O–H groups in total. The van der Waals surface area contributed by atoms with Crippen molar-refractivity contribution in [1.29, 1.82) is 0 Å². The maximum absolute atomic E-state index is 12.9. The van der Waals surface area contributed by atoms with Crippen molar-refractivity contribution in [3.05, 3.63) is 83.0 Å². The molecule has 0 saturated heterocycles. The molecule has 1 amide bonds. The van der Waals surface area contributed by atoms with Crippen molar-refractivity contribution in [3.8, 4) is 11.3 Å². The predicted molar refractivity (Wildman–Crippen MR) is 108 cm³/mol. The van der Waals surface area contributed by atoms with Crippen molar-refractivity contribution in [1.82, 2.24) is 10.3 Å². The molecule has 136 valence electrons. The molecule has 2 aromatic carbocycles. The maximum Gasteiger partial charge on any atom is 0.251 e. The summed E-state index contributed by atoms with van der Waals surface area (Å²) >= 11 is 0. The Kier molecular flexibility index (Phi) is 4.63.